The van der Waals surface area contributed by atoms with Gasteiger partial charge in [0.15, 0.2) is 0 Å². The minimum Gasteiger partial charge on any atom is -0.338 e. The van der Waals surface area contributed by atoms with Crippen LogP contribution in [-0.4, -0.2) is 32.5 Å². The number of rotatable bonds is 3. The quantitative estimate of drug-likeness (QED) is 0.520. The molecule has 0 bridgehead atoms. The van der Waals surface area contributed by atoms with Crippen LogP contribution in [0.1, 0.15) is 67.0 Å². The second kappa shape index (κ2) is 9.17. The summed E-state index contributed by atoms with van der Waals surface area (Å²) in [4.78, 5) is 44.9. The van der Waals surface area contributed by atoms with Gasteiger partial charge >= 0.3 is 5.69 Å². The van der Waals surface area contributed by atoms with Crippen LogP contribution in [-0.2, 0) is 24.2 Å². The number of thiophene rings is 1. The van der Waals surface area contributed by atoms with Crippen molar-refractivity contribution in [2.24, 2.45) is 0 Å². The van der Waals surface area contributed by atoms with Gasteiger partial charge in [-0.15, -0.1) is 11.3 Å². The number of nitrogens with zero attached hydrogens (tertiary/aromatic N) is 3. The highest BCUT2D eigenvalue weighted by atomic mass is 32.1. The Labute approximate surface area is 203 Å². The van der Waals surface area contributed by atoms with Crippen LogP contribution in [0.25, 0.3) is 15.9 Å². The van der Waals surface area contributed by atoms with Crippen LogP contribution in [0.15, 0.2) is 27.8 Å². The Kier molecular flexibility index (Phi) is 6.23. The largest absolute Gasteiger partial charge is 0.338 e. The van der Waals surface area contributed by atoms with Crippen molar-refractivity contribution >= 4 is 27.5 Å². The Hall–Kier alpha value is -2.67. The highest BCUT2D eigenvalue weighted by Gasteiger charge is 2.28. The van der Waals surface area contributed by atoms with Gasteiger partial charge in [0.05, 0.1) is 11.1 Å². The second-order valence-electron chi connectivity index (χ2n) is 9.95. The number of aryl methyl sites for hydroxylation is 4. The molecular weight excluding hydrogens is 446 g/mol. The van der Waals surface area contributed by atoms with Gasteiger partial charge in [-0.1, -0.05) is 12.5 Å². The van der Waals surface area contributed by atoms with Crippen LogP contribution in [0, 0.1) is 13.8 Å². The maximum Gasteiger partial charge on any atom is 0.337 e. The lowest BCUT2D eigenvalue weighted by Gasteiger charge is -2.33. The number of aromatic nitrogens is 2. The number of piperidine rings is 1. The average Bonchev–Trinajstić information content (AvgIpc) is 3.02. The fourth-order valence-corrected chi connectivity index (χ4v) is 6.84. The zero-order chi connectivity index (χ0) is 24.0. The van der Waals surface area contributed by atoms with Gasteiger partial charge in [-0.3, -0.25) is 14.2 Å². The van der Waals surface area contributed by atoms with E-state index in [0.717, 1.165) is 74.6 Å². The molecule has 1 fully saturated rings. The summed E-state index contributed by atoms with van der Waals surface area (Å²) in [5, 5.41) is 0.638. The molecule has 34 heavy (non-hydrogen) atoms. The van der Waals surface area contributed by atoms with Gasteiger partial charge in [0.1, 0.15) is 11.4 Å². The molecule has 1 aliphatic heterocycles. The van der Waals surface area contributed by atoms with E-state index in [4.69, 9.17) is 0 Å². The fraction of sp³-hybridized carbons (Fsp3) is 0.519. The summed E-state index contributed by atoms with van der Waals surface area (Å²) >= 11 is 1.55. The van der Waals surface area contributed by atoms with Gasteiger partial charge in [-0.05, 0) is 94.5 Å². The van der Waals surface area contributed by atoms with Gasteiger partial charge in [0.2, 0.25) is 5.91 Å². The minimum atomic E-state index is -0.421. The fourth-order valence-electron chi connectivity index (χ4n) is 5.47. The number of benzene rings is 1. The third kappa shape index (κ3) is 3.94. The molecule has 1 atom stereocenters. The Bertz CT molecular complexity index is 1380. The van der Waals surface area contributed by atoms with Crippen molar-refractivity contribution in [3.63, 3.8) is 0 Å². The van der Waals surface area contributed by atoms with Crippen LogP contribution in [0.2, 0.25) is 0 Å². The van der Waals surface area contributed by atoms with E-state index in [0.29, 0.717) is 15.9 Å². The van der Waals surface area contributed by atoms with E-state index in [1.807, 2.05) is 36.9 Å². The van der Waals surface area contributed by atoms with Gasteiger partial charge in [0, 0.05) is 17.5 Å². The Morgan fingerprint density at radius 2 is 1.82 bits per heavy atom. The average molecular weight is 480 g/mol. The summed E-state index contributed by atoms with van der Waals surface area (Å²) in [5.41, 5.74) is 3.12. The van der Waals surface area contributed by atoms with Crippen LogP contribution >= 0.6 is 11.3 Å². The second-order valence-corrected chi connectivity index (χ2v) is 11.0. The van der Waals surface area contributed by atoms with Crippen molar-refractivity contribution in [1.29, 1.82) is 0 Å². The zero-order valence-corrected chi connectivity index (χ0v) is 21.2. The molecule has 1 amide bonds. The third-order valence-corrected chi connectivity index (χ3v) is 8.97. The van der Waals surface area contributed by atoms with E-state index in [1.165, 1.54) is 9.44 Å². The zero-order valence-electron chi connectivity index (χ0n) is 20.4. The lowest BCUT2D eigenvalue weighted by molar-refractivity contribution is -0.135. The highest BCUT2D eigenvalue weighted by molar-refractivity contribution is 7.18. The number of carbonyl (C=O) groups excluding carboxylic acids is 1. The van der Waals surface area contributed by atoms with Crippen LogP contribution in [0.3, 0.4) is 0 Å². The maximum atomic E-state index is 13.8. The van der Waals surface area contributed by atoms with Crippen molar-refractivity contribution in [2.45, 2.75) is 84.7 Å². The molecule has 1 aromatic carbocycles. The highest BCUT2D eigenvalue weighted by Crippen LogP contribution is 2.34. The molecule has 6 nitrogen and oxygen atoms in total. The van der Waals surface area contributed by atoms with E-state index >= 15 is 0 Å². The number of carbonyl (C=O) groups is 1. The van der Waals surface area contributed by atoms with Crippen molar-refractivity contribution in [2.75, 3.05) is 6.54 Å². The summed E-state index contributed by atoms with van der Waals surface area (Å²) in [5.74, 6) is -0.0375. The first-order valence-electron chi connectivity index (χ1n) is 12.5. The standard InChI is InChI=1S/C27H33N3O3S/c1-17-12-13-20(15-18(17)2)30-25(32)24-21-10-5-4-6-11-22(21)34-26(24)29(27(30)33)16-23(31)28-14-8-7-9-19(28)3/h12-13,15,19H,4-11,14,16H2,1-3H3/t19-/m1/s1. The normalized spacial score (nSPS) is 18.7. The summed E-state index contributed by atoms with van der Waals surface area (Å²) in [6.45, 7) is 6.79. The lowest BCUT2D eigenvalue weighted by atomic mass is 10.0. The molecule has 1 aliphatic carbocycles. The molecule has 0 saturated carbocycles. The minimum absolute atomic E-state index is 0.0236. The molecule has 1 saturated heterocycles. The van der Waals surface area contributed by atoms with E-state index in [1.54, 1.807) is 15.9 Å². The van der Waals surface area contributed by atoms with Crippen molar-refractivity contribution in [1.82, 2.24) is 14.0 Å². The maximum absolute atomic E-state index is 13.8. The number of fused-ring (bicyclic) bond motifs is 3. The van der Waals surface area contributed by atoms with Crippen LogP contribution < -0.4 is 11.2 Å². The SMILES string of the molecule is Cc1ccc(-n2c(=O)c3c4c(sc3n(CC(=O)N3CCCC[C@H]3C)c2=O)CCCCC4)cc1C. The molecule has 0 unspecified atom stereocenters. The molecule has 0 N–H and O–H groups in total. The summed E-state index contributed by atoms with van der Waals surface area (Å²) < 4.78 is 2.87. The van der Waals surface area contributed by atoms with Crippen molar-refractivity contribution < 1.29 is 4.79 Å². The molecule has 3 heterocycles. The van der Waals surface area contributed by atoms with Gasteiger partial charge in [-0.25, -0.2) is 9.36 Å². The van der Waals surface area contributed by atoms with E-state index < -0.39 is 5.69 Å². The predicted molar refractivity (Wildman–Crippen MR) is 137 cm³/mol. The molecule has 0 radical (unpaired) electrons. The summed E-state index contributed by atoms with van der Waals surface area (Å²) in [7, 11) is 0. The van der Waals surface area contributed by atoms with Gasteiger partial charge in [0.25, 0.3) is 5.56 Å². The molecule has 5 rings (SSSR count). The molecule has 2 aromatic heterocycles. The number of amides is 1. The van der Waals surface area contributed by atoms with Gasteiger partial charge < -0.3 is 4.90 Å². The molecule has 0 spiro atoms. The third-order valence-electron chi connectivity index (χ3n) is 7.65. The van der Waals surface area contributed by atoms with E-state index in [-0.39, 0.29) is 24.1 Å². The summed E-state index contributed by atoms with van der Waals surface area (Å²) in [6, 6.07) is 5.85. The monoisotopic (exact) mass is 479 g/mol. The predicted octanol–water partition coefficient (Wildman–Crippen LogP) is 4.50. The molecular formula is C27H33N3O3S. The first-order chi connectivity index (χ1) is 16.4. The number of hydrogen-bond acceptors (Lipinski definition) is 4. The lowest BCUT2D eigenvalue weighted by Crippen LogP contribution is -2.46. The Morgan fingerprint density at radius 1 is 1.03 bits per heavy atom. The molecule has 7 heteroatoms. The number of likely N-dealkylation sites (tertiary alicyclic amines) is 1. The smallest absolute Gasteiger partial charge is 0.337 e. The Morgan fingerprint density at radius 3 is 2.59 bits per heavy atom. The topological polar surface area (TPSA) is 64.3 Å². The summed E-state index contributed by atoms with van der Waals surface area (Å²) in [6.07, 6.45) is 8.20. The van der Waals surface area contributed by atoms with Gasteiger partial charge in [-0.2, -0.15) is 0 Å². The van der Waals surface area contributed by atoms with Crippen molar-refractivity contribution in [3.8, 4) is 5.69 Å². The molecule has 2 aliphatic rings. The number of hydrogen-bond donors (Lipinski definition) is 0. The first kappa shape index (κ1) is 23.1. The Balaban J connectivity index is 1.73. The van der Waals surface area contributed by atoms with Crippen LogP contribution in [0.5, 0.6) is 0 Å². The van der Waals surface area contributed by atoms with E-state index in [2.05, 4.69) is 6.92 Å². The first-order valence-corrected chi connectivity index (χ1v) is 13.4. The molecule has 3 aromatic rings. The van der Waals surface area contributed by atoms with Crippen LogP contribution in [0.4, 0.5) is 0 Å². The van der Waals surface area contributed by atoms with E-state index in [9.17, 15) is 14.4 Å². The van der Waals surface area contributed by atoms with Crippen molar-refractivity contribution in [3.05, 3.63) is 60.6 Å². The molecule has 180 valence electrons.